The largest absolute Gasteiger partial charge is 0.103 e. The first-order valence-electron chi connectivity index (χ1n) is 6.67. The van der Waals surface area contributed by atoms with Crippen molar-refractivity contribution in [1.29, 1.82) is 0 Å². The van der Waals surface area contributed by atoms with Gasteiger partial charge >= 0.3 is 0 Å². The van der Waals surface area contributed by atoms with Gasteiger partial charge in [-0.05, 0) is 45.4 Å². The molecule has 0 heterocycles. The first-order chi connectivity index (χ1) is 7.41. The average Bonchev–Trinajstić information content (AvgIpc) is 2.22. The summed E-state index contributed by atoms with van der Waals surface area (Å²) in [4.78, 5) is 0. The van der Waals surface area contributed by atoms with E-state index in [0.717, 1.165) is 0 Å². The van der Waals surface area contributed by atoms with Crippen molar-refractivity contribution in [2.45, 2.75) is 73.1 Å². The van der Waals surface area contributed by atoms with Crippen molar-refractivity contribution in [3.05, 3.63) is 23.8 Å². The Balaban J connectivity index is 3.83. The second-order valence-electron chi connectivity index (χ2n) is 5.75. The van der Waals surface area contributed by atoms with Crippen molar-refractivity contribution in [1.82, 2.24) is 0 Å². The smallest absolute Gasteiger partial charge is 0.0145 e. The van der Waals surface area contributed by atoms with Crippen molar-refractivity contribution in [2.24, 2.45) is 5.41 Å². The van der Waals surface area contributed by atoms with E-state index in [1.165, 1.54) is 44.1 Å². The monoisotopic (exact) mass is 222 g/mol. The van der Waals surface area contributed by atoms with Crippen LogP contribution in [0.4, 0.5) is 0 Å². The summed E-state index contributed by atoms with van der Waals surface area (Å²) in [5, 5.41) is 0. The van der Waals surface area contributed by atoms with E-state index in [2.05, 4.69) is 41.2 Å². The Kier molecular flexibility index (Phi) is 7.45. The molecule has 0 rings (SSSR count). The molecule has 0 heteroatoms. The summed E-state index contributed by atoms with van der Waals surface area (Å²) in [6, 6.07) is 0. The molecule has 0 N–H and O–H groups in total. The molecule has 0 aromatic heterocycles. The van der Waals surface area contributed by atoms with E-state index in [9.17, 15) is 0 Å². The van der Waals surface area contributed by atoms with E-state index in [-0.39, 0.29) is 0 Å². The zero-order valence-electron chi connectivity index (χ0n) is 12.0. The molecule has 0 unspecified atom stereocenters. The highest BCUT2D eigenvalue weighted by Gasteiger charge is 2.19. The normalized spacial score (nSPS) is 11.3. The van der Waals surface area contributed by atoms with Crippen LogP contribution in [-0.2, 0) is 0 Å². The maximum absolute atomic E-state index is 3.75. The van der Waals surface area contributed by atoms with Gasteiger partial charge in [-0.15, -0.1) is 6.58 Å². The highest BCUT2D eigenvalue weighted by Crippen LogP contribution is 2.33. The van der Waals surface area contributed by atoms with Gasteiger partial charge in [0.25, 0.3) is 0 Å². The first kappa shape index (κ1) is 15.5. The van der Waals surface area contributed by atoms with Crippen LogP contribution in [0.1, 0.15) is 73.1 Å². The van der Waals surface area contributed by atoms with Crippen molar-refractivity contribution < 1.29 is 0 Å². The number of rotatable bonds is 8. The summed E-state index contributed by atoms with van der Waals surface area (Å²) in [6.45, 7) is 15.2. The van der Waals surface area contributed by atoms with E-state index in [0.29, 0.717) is 5.41 Å². The van der Waals surface area contributed by atoms with Gasteiger partial charge in [-0.25, -0.2) is 0 Å². The van der Waals surface area contributed by atoms with Crippen LogP contribution < -0.4 is 0 Å². The Bertz CT molecular complexity index is 226. The zero-order valence-corrected chi connectivity index (χ0v) is 12.0. The van der Waals surface area contributed by atoms with Crippen LogP contribution in [0, 0.1) is 5.41 Å². The molecule has 0 bridgehead atoms. The van der Waals surface area contributed by atoms with Crippen molar-refractivity contribution in [3.8, 4) is 0 Å². The quantitative estimate of drug-likeness (QED) is 0.354. The minimum absolute atomic E-state index is 0.386. The SMILES string of the molecule is C=CCCCCCCC(C)(C)C(C)=C(C)C. The Hall–Kier alpha value is -0.520. The van der Waals surface area contributed by atoms with Crippen LogP contribution in [0.25, 0.3) is 0 Å². The molecule has 0 saturated carbocycles. The molecule has 0 radical (unpaired) electrons. The Morgan fingerprint density at radius 2 is 1.56 bits per heavy atom. The first-order valence-corrected chi connectivity index (χ1v) is 6.67. The summed E-state index contributed by atoms with van der Waals surface area (Å²) in [5.41, 5.74) is 3.44. The summed E-state index contributed by atoms with van der Waals surface area (Å²) >= 11 is 0. The Morgan fingerprint density at radius 1 is 1.00 bits per heavy atom. The fourth-order valence-corrected chi connectivity index (χ4v) is 2.07. The Labute approximate surface area is 103 Å². The molecule has 0 aromatic rings. The van der Waals surface area contributed by atoms with E-state index in [1.807, 2.05) is 6.08 Å². The predicted molar refractivity (Wildman–Crippen MR) is 75.7 cm³/mol. The molecule has 0 aromatic carbocycles. The summed E-state index contributed by atoms with van der Waals surface area (Å²) in [5.74, 6) is 0. The summed E-state index contributed by atoms with van der Waals surface area (Å²) in [7, 11) is 0. The van der Waals surface area contributed by atoms with Crippen LogP contribution >= 0.6 is 0 Å². The predicted octanol–water partition coefficient (Wildman–Crippen LogP) is 5.90. The van der Waals surface area contributed by atoms with E-state index in [1.54, 1.807) is 5.57 Å². The van der Waals surface area contributed by atoms with Crippen molar-refractivity contribution in [2.75, 3.05) is 0 Å². The van der Waals surface area contributed by atoms with E-state index in [4.69, 9.17) is 0 Å². The summed E-state index contributed by atoms with van der Waals surface area (Å²) < 4.78 is 0. The lowest BCUT2D eigenvalue weighted by atomic mass is 9.78. The third-order valence-corrected chi connectivity index (χ3v) is 3.73. The lowest BCUT2D eigenvalue weighted by Gasteiger charge is -2.27. The van der Waals surface area contributed by atoms with Gasteiger partial charge < -0.3 is 0 Å². The van der Waals surface area contributed by atoms with Gasteiger partial charge in [0.1, 0.15) is 0 Å². The maximum Gasteiger partial charge on any atom is -0.0145 e. The molecule has 0 aliphatic heterocycles. The number of allylic oxidation sites excluding steroid dienone is 3. The summed E-state index contributed by atoms with van der Waals surface area (Å²) in [6.07, 6.45) is 9.91. The van der Waals surface area contributed by atoms with Gasteiger partial charge in [0.2, 0.25) is 0 Å². The van der Waals surface area contributed by atoms with Gasteiger partial charge in [0.05, 0.1) is 0 Å². The standard InChI is InChI=1S/C16H30/c1-7-8-9-10-11-12-13-16(5,6)15(4)14(2)3/h7H,1,8-13H2,2-6H3. The second-order valence-corrected chi connectivity index (χ2v) is 5.75. The van der Waals surface area contributed by atoms with Crippen molar-refractivity contribution >= 4 is 0 Å². The molecular weight excluding hydrogens is 192 g/mol. The van der Waals surface area contributed by atoms with Crippen LogP contribution in [0.5, 0.6) is 0 Å². The molecule has 0 atom stereocenters. The molecule has 0 amide bonds. The third-order valence-electron chi connectivity index (χ3n) is 3.73. The minimum Gasteiger partial charge on any atom is -0.103 e. The lowest BCUT2D eigenvalue weighted by molar-refractivity contribution is 0.381. The molecule has 0 aliphatic rings. The molecule has 0 nitrogen and oxygen atoms in total. The van der Waals surface area contributed by atoms with Crippen LogP contribution in [0.3, 0.4) is 0 Å². The third kappa shape index (κ3) is 6.15. The Morgan fingerprint density at radius 3 is 2.06 bits per heavy atom. The fourth-order valence-electron chi connectivity index (χ4n) is 2.07. The van der Waals surface area contributed by atoms with Gasteiger partial charge in [0, 0.05) is 0 Å². The highest BCUT2D eigenvalue weighted by atomic mass is 14.2. The van der Waals surface area contributed by atoms with Gasteiger partial charge in [0.15, 0.2) is 0 Å². The molecule has 16 heavy (non-hydrogen) atoms. The van der Waals surface area contributed by atoms with Crippen LogP contribution in [-0.4, -0.2) is 0 Å². The zero-order chi connectivity index (χ0) is 12.6. The average molecular weight is 222 g/mol. The molecule has 0 fully saturated rings. The molecule has 94 valence electrons. The second kappa shape index (κ2) is 7.70. The van der Waals surface area contributed by atoms with Crippen LogP contribution in [0.2, 0.25) is 0 Å². The molecule has 0 spiro atoms. The van der Waals surface area contributed by atoms with Gasteiger partial charge in [-0.3, -0.25) is 0 Å². The topological polar surface area (TPSA) is 0 Å². The number of hydrogen-bond acceptors (Lipinski definition) is 0. The number of hydrogen-bond donors (Lipinski definition) is 0. The maximum atomic E-state index is 3.75. The molecule has 0 aliphatic carbocycles. The van der Waals surface area contributed by atoms with E-state index >= 15 is 0 Å². The van der Waals surface area contributed by atoms with Crippen molar-refractivity contribution in [3.63, 3.8) is 0 Å². The number of unbranched alkanes of at least 4 members (excludes halogenated alkanes) is 4. The van der Waals surface area contributed by atoms with Gasteiger partial charge in [-0.2, -0.15) is 0 Å². The van der Waals surface area contributed by atoms with E-state index < -0.39 is 0 Å². The highest BCUT2D eigenvalue weighted by molar-refractivity contribution is 5.14. The van der Waals surface area contributed by atoms with Gasteiger partial charge in [-0.1, -0.05) is 50.3 Å². The fraction of sp³-hybridized carbons (Fsp3) is 0.750. The molecule has 0 saturated heterocycles. The lowest BCUT2D eigenvalue weighted by Crippen LogP contribution is -2.13. The minimum atomic E-state index is 0.386. The molecular formula is C16H30. The van der Waals surface area contributed by atoms with Crippen LogP contribution in [0.15, 0.2) is 23.8 Å².